The van der Waals surface area contributed by atoms with Crippen molar-refractivity contribution in [1.29, 1.82) is 0 Å². The average Bonchev–Trinajstić information content (AvgIpc) is 2.87. The summed E-state index contributed by atoms with van der Waals surface area (Å²) in [5, 5.41) is 25.6. The van der Waals surface area contributed by atoms with Crippen molar-refractivity contribution in [3.8, 4) is 11.5 Å². The van der Waals surface area contributed by atoms with E-state index in [0.29, 0.717) is 10.8 Å². The Morgan fingerprint density at radius 3 is 2.38 bits per heavy atom. The summed E-state index contributed by atoms with van der Waals surface area (Å²) in [4.78, 5) is 12.8. The molecule has 196 valence electrons. The molecule has 0 aliphatic heterocycles. The number of halogens is 2. The van der Waals surface area contributed by atoms with Crippen LogP contribution in [0.15, 0.2) is 75.8 Å². The molecule has 0 saturated carbocycles. The van der Waals surface area contributed by atoms with Crippen molar-refractivity contribution in [2.24, 2.45) is 10.2 Å². The summed E-state index contributed by atoms with van der Waals surface area (Å²) >= 11 is 12.4. The predicted octanol–water partition coefficient (Wildman–Crippen LogP) is 3.71. The van der Waals surface area contributed by atoms with E-state index in [9.17, 15) is 22.9 Å². The van der Waals surface area contributed by atoms with E-state index in [2.05, 4.69) is 15.5 Å². The van der Waals surface area contributed by atoms with Crippen molar-refractivity contribution in [1.82, 2.24) is 0 Å². The first kappa shape index (κ1) is 30.8. The largest absolute Gasteiger partial charge is 1.00 e. The summed E-state index contributed by atoms with van der Waals surface area (Å²) in [6.45, 7) is 1.66. The minimum Gasteiger partial charge on any atom is -0.870 e. The number of carbonyl (C=O) groups excluding carboxylic acids is 1. The van der Waals surface area contributed by atoms with Gasteiger partial charge in [0.15, 0.2) is 5.75 Å². The number of nitrogens with zero attached hydrogens (tertiary/aromatic N) is 2. The second-order valence-electron chi connectivity index (χ2n) is 8.00. The van der Waals surface area contributed by atoms with Crippen molar-refractivity contribution in [2.75, 3.05) is 12.4 Å². The van der Waals surface area contributed by atoms with Gasteiger partial charge < -0.3 is 15.2 Å². The number of anilines is 1. The first-order valence-electron chi connectivity index (χ1n) is 11.1. The number of ether oxygens (including phenoxy) is 1. The summed E-state index contributed by atoms with van der Waals surface area (Å²) in [7, 11) is -3.16. The van der Waals surface area contributed by atoms with E-state index in [0.717, 1.165) is 0 Å². The van der Waals surface area contributed by atoms with Crippen LogP contribution in [0.1, 0.15) is 22.8 Å². The van der Waals surface area contributed by atoms with Crippen LogP contribution < -0.4 is 44.7 Å². The Labute approximate surface area is 256 Å². The molecule has 0 radical (unpaired) electrons. The van der Waals surface area contributed by atoms with Crippen LogP contribution in [0.3, 0.4) is 0 Å². The molecule has 2 N–H and O–H groups in total. The molecule has 0 aliphatic rings. The molecule has 0 aromatic heterocycles. The quantitative estimate of drug-likeness (QED) is 0.189. The standard InChI is InChI=1S/C26H21Cl2N3O6S.Na/c1-3-15-21(38(34,35)36)12-11-18(27)22(15)30-31-23-16-8-5-4-7-14(16)13-17(24(23)32)26(33)29-20-10-6-9-19(28)25(20)37-2;/h4-13,32H,3H2,1-2H3,(H,29,33)(H,34,35,36);/q;+1/p-1. The molecule has 0 spiro atoms. The summed E-state index contributed by atoms with van der Waals surface area (Å²) < 4.78 is 38.6. The monoisotopic (exact) mass is 595 g/mol. The first-order chi connectivity index (χ1) is 18.1. The third-order valence-electron chi connectivity index (χ3n) is 5.71. The van der Waals surface area contributed by atoms with E-state index in [1.165, 1.54) is 25.3 Å². The van der Waals surface area contributed by atoms with Gasteiger partial charge in [0, 0.05) is 16.5 Å². The van der Waals surface area contributed by atoms with E-state index in [1.807, 2.05) is 0 Å². The molecule has 4 rings (SSSR count). The van der Waals surface area contributed by atoms with E-state index in [4.69, 9.17) is 27.9 Å². The Balaban J connectivity index is 0.00000420. The van der Waals surface area contributed by atoms with Gasteiger partial charge in [-0.15, -0.1) is 5.11 Å². The van der Waals surface area contributed by atoms with Gasteiger partial charge in [0.1, 0.15) is 5.69 Å². The number of para-hydroxylation sites is 1. The average molecular weight is 596 g/mol. The second-order valence-corrected chi connectivity index (χ2v) is 10.2. The summed E-state index contributed by atoms with van der Waals surface area (Å²) in [6, 6.07) is 15.4. The maximum atomic E-state index is 13.5. The molecule has 0 aliphatic carbocycles. The minimum absolute atomic E-state index is 0. The van der Waals surface area contributed by atoms with Crippen LogP contribution in [0, 0.1) is 0 Å². The number of azo groups is 1. The van der Waals surface area contributed by atoms with E-state index in [1.54, 1.807) is 49.4 Å². The molecule has 4 aromatic carbocycles. The molecule has 0 fully saturated rings. The molecule has 4 aromatic rings. The minimum atomic E-state index is -4.56. The summed E-state index contributed by atoms with van der Waals surface area (Å²) in [5.74, 6) is -1.21. The molecule has 0 heterocycles. The van der Waals surface area contributed by atoms with Gasteiger partial charge in [-0.25, -0.2) is 0 Å². The Morgan fingerprint density at radius 2 is 1.72 bits per heavy atom. The molecule has 39 heavy (non-hydrogen) atoms. The Hall–Kier alpha value is -2.70. The molecule has 0 bridgehead atoms. The zero-order chi connectivity index (χ0) is 27.6. The van der Waals surface area contributed by atoms with Crippen molar-refractivity contribution < 1.29 is 57.2 Å². The fraction of sp³-hybridized carbons (Fsp3) is 0.115. The van der Waals surface area contributed by atoms with E-state index >= 15 is 0 Å². The van der Waals surface area contributed by atoms with Gasteiger partial charge in [-0.3, -0.25) is 9.35 Å². The molecule has 0 atom stereocenters. The number of rotatable bonds is 7. The fourth-order valence-corrected chi connectivity index (χ4v) is 5.22. The molecule has 0 saturated heterocycles. The van der Waals surface area contributed by atoms with Crippen LogP contribution in [0.2, 0.25) is 10.0 Å². The molecular weight excluding hydrogens is 576 g/mol. The van der Waals surface area contributed by atoms with Gasteiger partial charge in [0.25, 0.3) is 16.0 Å². The summed E-state index contributed by atoms with van der Waals surface area (Å²) in [5.41, 5.74) is 0.00532. The van der Waals surface area contributed by atoms with Crippen LogP contribution in [-0.4, -0.2) is 26.0 Å². The smallest absolute Gasteiger partial charge is 0.870 e. The van der Waals surface area contributed by atoms with Crippen LogP contribution in [0.25, 0.3) is 10.8 Å². The molecule has 0 unspecified atom stereocenters. The Kier molecular flexibility index (Phi) is 10.0. The normalized spacial score (nSPS) is 11.4. The van der Waals surface area contributed by atoms with Gasteiger partial charge in [0.05, 0.1) is 33.4 Å². The second kappa shape index (κ2) is 12.6. The van der Waals surface area contributed by atoms with Gasteiger partial charge in [-0.05, 0) is 42.1 Å². The number of fused-ring (bicyclic) bond motifs is 1. The topological polar surface area (TPSA) is 140 Å². The molecule has 1 amide bonds. The number of nitrogens with one attached hydrogen (secondary N) is 1. The Bertz CT molecular complexity index is 1710. The zero-order valence-electron chi connectivity index (χ0n) is 21.0. The first-order valence-corrected chi connectivity index (χ1v) is 13.3. The van der Waals surface area contributed by atoms with Crippen molar-refractivity contribution in [3.05, 3.63) is 81.8 Å². The molecule has 13 heteroatoms. The van der Waals surface area contributed by atoms with Gasteiger partial charge in [-0.2, -0.15) is 13.5 Å². The third-order valence-corrected chi connectivity index (χ3v) is 7.25. The van der Waals surface area contributed by atoms with E-state index < -0.39 is 21.8 Å². The van der Waals surface area contributed by atoms with Gasteiger partial charge >= 0.3 is 29.6 Å². The number of hydrogen-bond acceptors (Lipinski definition) is 7. The van der Waals surface area contributed by atoms with Gasteiger partial charge in [-0.1, -0.05) is 66.2 Å². The zero-order valence-corrected chi connectivity index (χ0v) is 25.4. The number of hydrogen-bond donors (Lipinski definition) is 2. The third kappa shape index (κ3) is 6.38. The SMILES string of the molecule is CCc1c(S(=O)(=O)O)ccc(Cl)c1N=Nc1c([O-])c(C(=O)Nc2cccc(Cl)c2OC)cc2ccccc12.[Na+]. The van der Waals surface area contributed by atoms with Crippen molar-refractivity contribution in [3.63, 3.8) is 0 Å². The van der Waals surface area contributed by atoms with Crippen LogP contribution >= 0.6 is 23.2 Å². The van der Waals surface area contributed by atoms with Crippen molar-refractivity contribution >= 4 is 67.1 Å². The number of methoxy groups -OCH3 is 1. The number of carbonyl (C=O) groups is 1. The van der Waals surface area contributed by atoms with E-state index in [-0.39, 0.29) is 84.9 Å². The number of benzene rings is 4. The van der Waals surface area contributed by atoms with Crippen LogP contribution in [-0.2, 0) is 16.5 Å². The van der Waals surface area contributed by atoms with Gasteiger partial charge in [0.2, 0.25) is 0 Å². The van der Waals surface area contributed by atoms with Crippen LogP contribution in [0.5, 0.6) is 11.5 Å². The predicted molar refractivity (Wildman–Crippen MR) is 144 cm³/mol. The number of amides is 1. The maximum Gasteiger partial charge on any atom is 1.00 e. The molecule has 9 nitrogen and oxygen atoms in total. The fourth-order valence-electron chi connectivity index (χ4n) is 3.96. The van der Waals surface area contributed by atoms with Crippen molar-refractivity contribution in [2.45, 2.75) is 18.2 Å². The summed E-state index contributed by atoms with van der Waals surface area (Å²) in [6.07, 6.45) is 0.152. The maximum absolute atomic E-state index is 13.5. The molecular formula is C26H20Cl2N3NaO6S. The van der Waals surface area contributed by atoms with Crippen LogP contribution in [0.4, 0.5) is 17.1 Å². The Morgan fingerprint density at radius 1 is 1.03 bits per heavy atom.